The van der Waals surface area contributed by atoms with Crippen LogP contribution < -0.4 is 4.90 Å². The minimum Gasteiger partial charge on any atom is -0.370 e. The Kier molecular flexibility index (Phi) is 2.48. The lowest BCUT2D eigenvalue weighted by atomic mass is 10.1. The first-order chi connectivity index (χ1) is 6.59. The van der Waals surface area contributed by atoms with Crippen LogP contribution in [0.2, 0.25) is 0 Å². The Bertz CT molecular complexity index is 360. The highest BCUT2D eigenvalue weighted by molar-refractivity contribution is 7.99. The lowest BCUT2D eigenvalue weighted by Gasteiger charge is -2.34. The van der Waals surface area contributed by atoms with E-state index in [-0.39, 0.29) is 0 Å². The van der Waals surface area contributed by atoms with Crippen molar-refractivity contribution in [1.29, 1.82) is 0 Å². The first-order valence-electron chi connectivity index (χ1n) is 5.06. The zero-order valence-corrected chi connectivity index (χ0v) is 10.1. The predicted octanol–water partition coefficient (Wildman–Crippen LogP) is 3.23. The highest BCUT2D eigenvalue weighted by atomic mass is 32.2. The first kappa shape index (κ1) is 9.91. The molecule has 0 amide bonds. The SMILES string of the molecule is Cc1cc(C)c2c(c1)N(C)C(C)CS2. The van der Waals surface area contributed by atoms with Crippen LogP contribution in [-0.4, -0.2) is 18.8 Å². The number of fused-ring (bicyclic) bond motifs is 1. The van der Waals surface area contributed by atoms with Crippen molar-refractivity contribution in [3.63, 3.8) is 0 Å². The summed E-state index contributed by atoms with van der Waals surface area (Å²) in [5.41, 5.74) is 4.19. The molecular weight excluding hydrogens is 190 g/mol. The Morgan fingerprint density at radius 2 is 2.07 bits per heavy atom. The average Bonchev–Trinajstić information content (AvgIpc) is 2.12. The second kappa shape index (κ2) is 3.50. The van der Waals surface area contributed by atoms with E-state index in [0.717, 1.165) is 0 Å². The zero-order valence-electron chi connectivity index (χ0n) is 9.29. The van der Waals surface area contributed by atoms with Gasteiger partial charge in [0.2, 0.25) is 0 Å². The van der Waals surface area contributed by atoms with E-state index in [1.54, 1.807) is 0 Å². The number of hydrogen-bond acceptors (Lipinski definition) is 2. The maximum absolute atomic E-state index is 2.39. The molecule has 1 unspecified atom stereocenters. The highest BCUT2D eigenvalue weighted by Crippen LogP contribution is 2.39. The third-order valence-corrected chi connectivity index (χ3v) is 4.38. The van der Waals surface area contributed by atoms with Crippen LogP contribution in [0, 0.1) is 13.8 Å². The molecular formula is C12H17NS. The Morgan fingerprint density at radius 3 is 2.79 bits per heavy atom. The van der Waals surface area contributed by atoms with Crippen LogP contribution in [0.25, 0.3) is 0 Å². The molecule has 1 aliphatic rings. The van der Waals surface area contributed by atoms with Crippen molar-refractivity contribution in [3.05, 3.63) is 23.3 Å². The van der Waals surface area contributed by atoms with Gasteiger partial charge in [-0.05, 0) is 38.0 Å². The average molecular weight is 207 g/mol. The molecule has 0 N–H and O–H groups in total. The first-order valence-corrected chi connectivity index (χ1v) is 6.05. The van der Waals surface area contributed by atoms with E-state index >= 15 is 0 Å². The molecule has 2 heteroatoms. The van der Waals surface area contributed by atoms with Crippen LogP contribution in [0.1, 0.15) is 18.1 Å². The molecule has 1 heterocycles. The summed E-state index contributed by atoms with van der Waals surface area (Å²) in [6.45, 7) is 6.67. The molecule has 1 aliphatic heterocycles. The van der Waals surface area contributed by atoms with Crippen molar-refractivity contribution in [2.75, 3.05) is 17.7 Å². The van der Waals surface area contributed by atoms with Gasteiger partial charge in [0.15, 0.2) is 0 Å². The molecule has 0 fully saturated rings. The monoisotopic (exact) mass is 207 g/mol. The minimum atomic E-state index is 0.647. The molecule has 0 aromatic heterocycles. The fourth-order valence-electron chi connectivity index (χ4n) is 1.93. The van der Waals surface area contributed by atoms with E-state index in [2.05, 4.69) is 44.9 Å². The number of aryl methyl sites for hydroxylation is 2. The smallest absolute Gasteiger partial charge is 0.0509 e. The fourth-order valence-corrected chi connectivity index (χ4v) is 3.20. The Hall–Kier alpha value is -0.630. The molecule has 0 spiro atoms. The number of rotatable bonds is 0. The normalized spacial score (nSPS) is 20.9. The van der Waals surface area contributed by atoms with Crippen LogP contribution in [0.15, 0.2) is 17.0 Å². The van der Waals surface area contributed by atoms with Crippen LogP contribution in [0.4, 0.5) is 5.69 Å². The number of thioether (sulfide) groups is 1. The van der Waals surface area contributed by atoms with E-state index in [1.807, 2.05) is 11.8 Å². The van der Waals surface area contributed by atoms with Gasteiger partial charge < -0.3 is 4.90 Å². The standard InChI is InChI=1S/C12H17NS/c1-8-5-9(2)12-11(6-8)13(4)10(3)7-14-12/h5-6,10H,7H2,1-4H3. The Labute approximate surface area is 90.5 Å². The molecule has 0 saturated carbocycles. The summed E-state index contributed by atoms with van der Waals surface area (Å²) in [4.78, 5) is 3.86. The molecule has 1 aromatic rings. The number of hydrogen-bond donors (Lipinski definition) is 0. The van der Waals surface area contributed by atoms with Gasteiger partial charge in [-0.25, -0.2) is 0 Å². The van der Waals surface area contributed by atoms with Gasteiger partial charge in [-0.15, -0.1) is 11.8 Å². The van der Waals surface area contributed by atoms with Crippen molar-refractivity contribution in [3.8, 4) is 0 Å². The third kappa shape index (κ3) is 1.52. The van der Waals surface area contributed by atoms with E-state index in [4.69, 9.17) is 0 Å². The maximum Gasteiger partial charge on any atom is 0.0509 e. The zero-order chi connectivity index (χ0) is 10.3. The molecule has 0 saturated heterocycles. The molecule has 1 aromatic carbocycles. The molecule has 2 rings (SSSR count). The van der Waals surface area contributed by atoms with Crippen molar-refractivity contribution in [1.82, 2.24) is 0 Å². The molecule has 14 heavy (non-hydrogen) atoms. The summed E-state index contributed by atoms with van der Waals surface area (Å²) < 4.78 is 0. The van der Waals surface area contributed by atoms with Gasteiger partial charge in [0.25, 0.3) is 0 Å². The second-order valence-electron chi connectivity index (χ2n) is 4.20. The maximum atomic E-state index is 2.39. The third-order valence-electron chi connectivity index (χ3n) is 2.91. The molecule has 0 aliphatic carbocycles. The summed E-state index contributed by atoms with van der Waals surface area (Å²) in [5.74, 6) is 1.20. The topological polar surface area (TPSA) is 3.24 Å². The Morgan fingerprint density at radius 1 is 1.36 bits per heavy atom. The van der Waals surface area contributed by atoms with Crippen LogP contribution in [0.5, 0.6) is 0 Å². The van der Waals surface area contributed by atoms with Gasteiger partial charge >= 0.3 is 0 Å². The van der Waals surface area contributed by atoms with Crippen molar-refractivity contribution < 1.29 is 0 Å². The van der Waals surface area contributed by atoms with Gasteiger partial charge in [-0.1, -0.05) is 6.07 Å². The lowest BCUT2D eigenvalue weighted by Crippen LogP contribution is -2.34. The van der Waals surface area contributed by atoms with Gasteiger partial charge in [0.05, 0.1) is 5.69 Å². The molecule has 0 radical (unpaired) electrons. The van der Waals surface area contributed by atoms with Gasteiger partial charge in [-0.3, -0.25) is 0 Å². The van der Waals surface area contributed by atoms with E-state index < -0.39 is 0 Å². The highest BCUT2D eigenvalue weighted by Gasteiger charge is 2.21. The van der Waals surface area contributed by atoms with Crippen molar-refractivity contribution in [2.24, 2.45) is 0 Å². The van der Waals surface area contributed by atoms with Crippen LogP contribution in [0.3, 0.4) is 0 Å². The summed E-state index contributed by atoms with van der Waals surface area (Å²) in [6, 6.07) is 5.22. The van der Waals surface area contributed by atoms with Gasteiger partial charge in [0.1, 0.15) is 0 Å². The number of anilines is 1. The summed E-state index contributed by atoms with van der Waals surface area (Å²) in [7, 11) is 2.20. The predicted molar refractivity (Wildman–Crippen MR) is 64.5 cm³/mol. The van der Waals surface area contributed by atoms with Crippen LogP contribution in [-0.2, 0) is 0 Å². The van der Waals surface area contributed by atoms with Crippen molar-refractivity contribution >= 4 is 17.4 Å². The number of nitrogens with zero attached hydrogens (tertiary/aromatic N) is 1. The quantitative estimate of drug-likeness (QED) is 0.642. The lowest BCUT2D eigenvalue weighted by molar-refractivity contribution is 0.745. The Balaban J connectivity index is 2.54. The van der Waals surface area contributed by atoms with E-state index in [0.29, 0.717) is 6.04 Å². The van der Waals surface area contributed by atoms with Crippen molar-refractivity contribution in [2.45, 2.75) is 31.7 Å². The van der Waals surface area contributed by atoms with E-state index in [9.17, 15) is 0 Å². The molecule has 1 atom stereocenters. The number of benzene rings is 1. The van der Waals surface area contributed by atoms with E-state index in [1.165, 1.54) is 27.5 Å². The summed E-state index contributed by atoms with van der Waals surface area (Å²) >= 11 is 1.99. The van der Waals surface area contributed by atoms with Gasteiger partial charge in [-0.2, -0.15) is 0 Å². The fraction of sp³-hybridized carbons (Fsp3) is 0.500. The molecule has 1 nitrogen and oxygen atoms in total. The largest absolute Gasteiger partial charge is 0.370 e. The molecule has 0 bridgehead atoms. The van der Waals surface area contributed by atoms with Crippen LogP contribution >= 0.6 is 11.8 Å². The van der Waals surface area contributed by atoms with Gasteiger partial charge in [0, 0.05) is 23.7 Å². The summed E-state index contributed by atoms with van der Waals surface area (Å²) in [5, 5.41) is 0. The molecule has 76 valence electrons. The second-order valence-corrected chi connectivity index (χ2v) is 5.23. The minimum absolute atomic E-state index is 0.647. The summed E-state index contributed by atoms with van der Waals surface area (Å²) in [6.07, 6.45) is 0.